The average Bonchev–Trinajstić information content (AvgIpc) is 2.83. The van der Waals surface area contributed by atoms with Crippen molar-refractivity contribution in [1.29, 1.82) is 0 Å². The van der Waals surface area contributed by atoms with E-state index in [2.05, 4.69) is 20.3 Å². The molecule has 0 amide bonds. The molecule has 19 heavy (non-hydrogen) atoms. The van der Waals surface area contributed by atoms with Gasteiger partial charge in [0, 0.05) is 18.2 Å². The molecule has 0 aromatic carbocycles. The van der Waals surface area contributed by atoms with E-state index in [0.29, 0.717) is 11.6 Å². The summed E-state index contributed by atoms with van der Waals surface area (Å²) in [7, 11) is 0. The second-order valence-electron chi connectivity index (χ2n) is 5.00. The fraction of sp³-hybridized carbons (Fsp3) is 0.429. The van der Waals surface area contributed by atoms with Crippen molar-refractivity contribution in [3.05, 3.63) is 35.7 Å². The number of H-pyrrole nitrogens is 1. The Morgan fingerprint density at radius 3 is 2.95 bits per heavy atom. The van der Waals surface area contributed by atoms with Crippen LogP contribution in [0, 0.1) is 12.7 Å². The highest BCUT2D eigenvalue weighted by molar-refractivity contribution is 5.57. The molecule has 2 aromatic rings. The van der Waals surface area contributed by atoms with Crippen LogP contribution in [0.1, 0.15) is 30.3 Å². The number of rotatable bonds is 2. The zero-order valence-corrected chi connectivity index (χ0v) is 10.9. The molecule has 100 valence electrons. The fourth-order valence-corrected chi connectivity index (χ4v) is 2.53. The molecule has 1 fully saturated rings. The van der Waals surface area contributed by atoms with Crippen molar-refractivity contribution in [3.8, 4) is 11.4 Å². The van der Waals surface area contributed by atoms with Crippen LogP contribution in [0.15, 0.2) is 18.3 Å². The fourth-order valence-electron chi connectivity index (χ4n) is 2.53. The first-order valence-corrected chi connectivity index (χ1v) is 6.63. The Hall–Kier alpha value is -1.75. The number of aromatic amines is 1. The minimum atomic E-state index is -0.325. The average molecular weight is 260 g/mol. The van der Waals surface area contributed by atoms with Gasteiger partial charge >= 0.3 is 0 Å². The number of aryl methyl sites for hydroxylation is 1. The van der Waals surface area contributed by atoms with Gasteiger partial charge in [0.15, 0.2) is 0 Å². The molecule has 2 aromatic heterocycles. The number of pyridine rings is 1. The predicted molar refractivity (Wildman–Crippen MR) is 71.4 cm³/mol. The summed E-state index contributed by atoms with van der Waals surface area (Å²) in [6.45, 7) is 4.03. The van der Waals surface area contributed by atoms with Gasteiger partial charge in [-0.1, -0.05) is 0 Å². The highest BCUT2D eigenvalue weighted by Gasteiger charge is 2.20. The first-order valence-electron chi connectivity index (χ1n) is 6.63. The number of nitrogens with one attached hydrogen (secondary N) is 2. The minimum Gasteiger partial charge on any atom is -0.345 e. The molecule has 4 nitrogen and oxygen atoms in total. The topological polar surface area (TPSA) is 53.6 Å². The van der Waals surface area contributed by atoms with E-state index in [4.69, 9.17) is 0 Å². The zero-order chi connectivity index (χ0) is 13.2. The molecule has 5 heteroatoms. The lowest BCUT2D eigenvalue weighted by Crippen LogP contribution is -2.28. The Labute approximate surface area is 111 Å². The second-order valence-corrected chi connectivity index (χ2v) is 5.00. The summed E-state index contributed by atoms with van der Waals surface area (Å²) in [5, 5.41) is 3.38. The largest absolute Gasteiger partial charge is 0.345 e. The molecule has 3 heterocycles. The number of hydrogen-bond donors (Lipinski definition) is 2. The van der Waals surface area contributed by atoms with Crippen LogP contribution in [-0.4, -0.2) is 28.0 Å². The Bertz CT molecular complexity index is 555. The quantitative estimate of drug-likeness (QED) is 0.871. The molecule has 1 aliphatic rings. The summed E-state index contributed by atoms with van der Waals surface area (Å²) in [6.07, 6.45) is 3.55. The smallest absolute Gasteiger partial charge is 0.141 e. The van der Waals surface area contributed by atoms with Crippen molar-refractivity contribution < 1.29 is 4.39 Å². The lowest BCUT2D eigenvalue weighted by Gasteiger charge is -2.20. The predicted octanol–water partition coefficient (Wildman–Crippen LogP) is 2.39. The number of hydrogen-bond acceptors (Lipinski definition) is 3. The van der Waals surface area contributed by atoms with Crippen molar-refractivity contribution >= 4 is 0 Å². The van der Waals surface area contributed by atoms with Crippen molar-refractivity contribution in [2.75, 3.05) is 13.1 Å². The molecule has 0 aliphatic carbocycles. The number of halogens is 1. The number of piperidine rings is 1. The molecule has 0 radical (unpaired) electrons. The van der Waals surface area contributed by atoms with Crippen LogP contribution in [0.3, 0.4) is 0 Å². The van der Waals surface area contributed by atoms with Gasteiger partial charge in [-0.25, -0.2) is 9.37 Å². The van der Waals surface area contributed by atoms with Crippen molar-refractivity contribution in [3.63, 3.8) is 0 Å². The Morgan fingerprint density at radius 1 is 1.37 bits per heavy atom. The van der Waals surface area contributed by atoms with Crippen LogP contribution in [-0.2, 0) is 0 Å². The first-order chi connectivity index (χ1) is 9.24. The molecular weight excluding hydrogens is 243 g/mol. The molecule has 0 saturated carbocycles. The summed E-state index contributed by atoms with van der Waals surface area (Å²) in [6, 6.07) is 3.08. The van der Waals surface area contributed by atoms with Crippen LogP contribution in [0.25, 0.3) is 11.4 Å². The highest BCUT2D eigenvalue weighted by atomic mass is 19.1. The van der Waals surface area contributed by atoms with Gasteiger partial charge in [-0.3, -0.25) is 4.98 Å². The summed E-state index contributed by atoms with van der Waals surface area (Å²) in [5.41, 5.74) is 2.52. The SMILES string of the molecule is Cc1[nH]c(C2CCCNC2)nc1-c1ccc(F)cn1. The van der Waals surface area contributed by atoms with Gasteiger partial charge in [0.1, 0.15) is 17.3 Å². The summed E-state index contributed by atoms with van der Waals surface area (Å²) >= 11 is 0. The summed E-state index contributed by atoms with van der Waals surface area (Å²) in [5.74, 6) is 1.11. The molecule has 1 aliphatic heterocycles. The lowest BCUT2D eigenvalue weighted by atomic mass is 9.99. The Balaban J connectivity index is 1.90. The van der Waals surface area contributed by atoms with E-state index in [1.807, 2.05) is 6.92 Å². The summed E-state index contributed by atoms with van der Waals surface area (Å²) in [4.78, 5) is 12.1. The minimum absolute atomic E-state index is 0.325. The van der Waals surface area contributed by atoms with Gasteiger partial charge in [0.05, 0.1) is 11.9 Å². The molecule has 3 rings (SSSR count). The third-order valence-corrected chi connectivity index (χ3v) is 3.56. The highest BCUT2D eigenvalue weighted by Crippen LogP contribution is 2.25. The zero-order valence-electron chi connectivity index (χ0n) is 10.9. The Kier molecular flexibility index (Phi) is 3.29. The lowest BCUT2D eigenvalue weighted by molar-refractivity contribution is 0.448. The van der Waals surface area contributed by atoms with Crippen LogP contribution < -0.4 is 5.32 Å². The summed E-state index contributed by atoms with van der Waals surface area (Å²) < 4.78 is 12.9. The molecule has 0 spiro atoms. The molecule has 1 unspecified atom stereocenters. The van der Waals surface area contributed by atoms with Crippen molar-refractivity contribution in [1.82, 2.24) is 20.3 Å². The van der Waals surface area contributed by atoms with E-state index in [9.17, 15) is 4.39 Å². The van der Waals surface area contributed by atoms with Crippen LogP contribution >= 0.6 is 0 Å². The van der Waals surface area contributed by atoms with E-state index in [-0.39, 0.29) is 5.82 Å². The van der Waals surface area contributed by atoms with E-state index in [1.165, 1.54) is 18.7 Å². The van der Waals surface area contributed by atoms with E-state index in [0.717, 1.165) is 36.7 Å². The van der Waals surface area contributed by atoms with Gasteiger partial charge < -0.3 is 10.3 Å². The van der Waals surface area contributed by atoms with Crippen LogP contribution in [0.2, 0.25) is 0 Å². The monoisotopic (exact) mass is 260 g/mol. The maximum absolute atomic E-state index is 12.9. The molecular formula is C14H17FN4. The molecule has 0 bridgehead atoms. The van der Waals surface area contributed by atoms with Crippen molar-refractivity contribution in [2.45, 2.75) is 25.7 Å². The third kappa shape index (κ3) is 2.51. The number of imidazole rings is 1. The Morgan fingerprint density at radius 2 is 2.26 bits per heavy atom. The second kappa shape index (κ2) is 5.09. The van der Waals surface area contributed by atoms with Gasteiger partial charge in [0.25, 0.3) is 0 Å². The van der Waals surface area contributed by atoms with E-state index < -0.39 is 0 Å². The maximum atomic E-state index is 12.9. The molecule has 2 N–H and O–H groups in total. The first kappa shape index (κ1) is 12.3. The van der Waals surface area contributed by atoms with Gasteiger partial charge in [-0.2, -0.15) is 0 Å². The van der Waals surface area contributed by atoms with Gasteiger partial charge in [-0.05, 0) is 38.4 Å². The van der Waals surface area contributed by atoms with E-state index in [1.54, 1.807) is 6.07 Å². The third-order valence-electron chi connectivity index (χ3n) is 3.56. The van der Waals surface area contributed by atoms with Crippen LogP contribution in [0.5, 0.6) is 0 Å². The van der Waals surface area contributed by atoms with Crippen molar-refractivity contribution in [2.24, 2.45) is 0 Å². The van der Waals surface area contributed by atoms with Gasteiger partial charge in [0.2, 0.25) is 0 Å². The molecule has 1 saturated heterocycles. The molecule has 1 atom stereocenters. The van der Waals surface area contributed by atoms with Crippen LogP contribution in [0.4, 0.5) is 4.39 Å². The standard InChI is InChI=1S/C14H17FN4/c1-9-13(12-5-4-11(15)8-17-12)19-14(18-9)10-3-2-6-16-7-10/h4-5,8,10,16H,2-3,6-7H2,1H3,(H,18,19). The van der Waals surface area contributed by atoms with Gasteiger partial charge in [-0.15, -0.1) is 0 Å². The number of nitrogens with zero attached hydrogens (tertiary/aromatic N) is 2. The van der Waals surface area contributed by atoms with E-state index >= 15 is 0 Å². The normalized spacial score (nSPS) is 19.6. The number of aromatic nitrogens is 3. The maximum Gasteiger partial charge on any atom is 0.141 e.